The molecule has 178 valence electrons. The molecule has 0 aliphatic carbocycles. The van der Waals surface area contributed by atoms with Crippen molar-refractivity contribution in [2.75, 3.05) is 75.6 Å². The molecule has 0 spiro atoms. The molecule has 1 unspecified atom stereocenters. The van der Waals surface area contributed by atoms with Gasteiger partial charge in [-0.2, -0.15) is 0 Å². The van der Waals surface area contributed by atoms with Crippen molar-refractivity contribution in [1.29, 1.82) is 0 Å². The van der Waals surface area contributed by atoms with E-state index in [1.807, 2.05) is 0 Å². The van der Waals surface area contributed by atoms with Gasteiger partial charge < -0.3 is 47.5 Å². The van der Waals surface area contributed by atoms with Gasteiger partial charge in [-0.25, -0.2) is 0 Å². The summed E-state index contributed by atoms with van der Waals surface area (Å²) >= 11 is 0. The van der Waals surface area contributed by atoms with Gasteiger partial charge in [-0.3, -0.25) is 0 Å². The molecular weight excluding hydrogens is 416 g/mol. The summed E-state index contributed by atoms with van der Waals surface area (Å²) < 4.78 is 41.8. The fourth-order valence-corrected chi connectivity index (χ4v) is 5.60. The molecular formula is C17H44N2O8Si2. The Balaban J connectivity index is 0. The molecule has 0 bridgehead atoms. The van der Waals surface area contributed by atoms with Gasteiger partial charge in [0, 0.05) is 74.4 Å². The second-order valence-electron chi connectivity index (χ2n) is 6.05. The van der Waals surface area contributed by atoms with Gasteiger partial charge >= 0.3 is 17.6 Å². The molecule has 0 aromatic heterocycles. The summed E-state index contributed by atoms with van der Waals surface area (Å²) in [5, 5.41) is 0. The number of hydrogen-bond acceptors (Lipinski definition) is 10. The van der Waals surface area contributed by atoms with Gasteiger partial charge in [0.15, 0.2) is 0 Å². The lowest BCUT2D eigenvalue weighted by Crippen LogP contribution is -2.42. The third-order valence-corrected chi connectivity index (χ3v) is 9.88. The van der Waals surface area contributed by atoms with Crippen molar-refractivity contribution < 1.29 is 36.0 Å². The maximum absolute atomic E-state index is 5.42. The van der Waals surface area contributed by atoms with Gasteiger partial charge in [0.1, 0.15) is 6.10 Å². The average Bonchev–Trinajstić information content (AvgIpc) is 3.60. The summed E-state index contributed by atoms with van der Waals surface area (Å²) in [7, 11) is 5.16. The van der Waals surface area contributed by atoms with Gasteiger partial charge in [0.25, 0.3) is 0 Å². The molecule has 0 aromatic rings. The largest absolute Gasteiger partial charge is 0.500 e. The zero-order valence-electron chi connectivity index (χ0n) is 19.4. The Labute approximate surface area is 179 Å². The summed E-state index contributed by atoms with van der Waals surface area (Å²) in [6.45, 7) is 5.51. The zero-order chi connectivity index (χ0) is 22.6. The van der Waals surface area contributed by atoms with Gasteiger partial charge in [-0.1, -0.05) is 13.3 Å². The highest BCUT2D eigenvalue weighted by Crippen LogP contribution is 2.16. The normalized spacial score (nSPS) is 15.8. The van der Waals surface area contributed by atoms with Gasteiger partial charge in [-0.15, -0.1) is 0 Å². The first kappa shape index (κ1) is 31.2. The van der Waals surface area contributed by atoms with Crippen LogP contribution in [0.3, 0.4) is 0 Å². The number of ether oxygens (including phenoxy) is 2. The second kappa shape index (κ2) is 20.0. The molecule has 0 amide bonds. The van der Waals surface area contributed by atoms with E-state index in [0.717, 1.165) is 31.5 Å². The molecule has 1 aliphatic heterocycles. The van der Waals surface area contributed by atoms with Crippen molar-refractivity contribution in [3.8, 4) is 0 Å². The van der Waals surface area contributed by atoms with E-state index in [-0.39, 0.29) is 0 Å². The molecule has 1 atom stereocenters. The SMILES string of the molecule is CCC[Si](OC)(OC)OC.CO[Si](CCCOCC1CO1)(OC)OC.NCCN. The van der Waals surface area contributed by atoms with E-state index in [1.54, 1.807) is 42.7 Å². The smallest absolute Gasteiger partial charge is 0.379 e. The van der Waals surface area contributed by atoms with Crippen LogP contribution in [-0.2, 0) is 36.0 Å². The Morgan fingerprint density at radius 2 is 1.21 bits per heavy atom. The zero-order valence-corrected chi connectivity index (χ0v) is 21.4. The third kappa shape index (κ3) is 15.5. The maximum Gasteiger partial charge on any atom is 0.500 e. The standard InChI is InChI=1S/C9H20O5Si.C6H16O3Si.C2H8N2/c1-10-15(11-2,12-3)6-4-5-13-7-9-8-14-9;1-5-6-10(7-2,8-3)9-4;3-1-2-4/h9H,4-8H2,1-3H3;5-6H2,1-4H3;1-4H2. The van der Waals surface area contributed by atoms with Crippen LogP contribution >= 0.6 is 0 Å². The topological polar surface area (TPSA) is 129 Å². The number of nitrogens with two attached hydrogens (primary N) is 2. The first-order valence-corrected chi connectivity index (χ1v) is 13.7. The van der Waals surface area contributed by atoms with Gasteiger partial charge in [0.2, 0.25) is 0 Å². The minimum absolute atomic E-state index is 0.333. The Bertz CT molecular complexity index is 329. The van der Waals surface area contributed by atoms with E-state index in [4.69, 9.17) is 47.5 Å². The molecule has 0 aromatic carbocycles. The predicted molar refractivity (Wildman–Crippen MR) is 117 cm³/mol. The fourth-order valence-electron chi connectivity index (χ4n) is 2.19. The highest BCUT2D eigenvalue weighted by atomic mass is 28.4. The molecule has 1 heterocycles. The molecule has 0 radical (unpaired) electrons. The van der Waals surface area contributed by atoms with E-state index in [1.165, 1.54) is 0 Å². The van der Waals surface area contributed by atoms with Crippen molar-refractivity contribution in [1.82, 2.24) is 0 Å². The van der Waals surface area contributed by atoms with Crippen LogP contribution in [-0.4, -0.2) is 99.3 Å². The van der Waals surface area contributed by atoms with E-state index < -0.39 is 17.6 Å². The molecule has 1 fully saturated rings. The van der Waals surface area contributed by atoms with E-state index >= 15 is 0 Å². The summed E-state index contributed by atoms with van der Waals surface area (Å²) in [4.78, 5) is 0. The predicted octanol–water partition coefficient (Wildman–Crippen LogP) is 0.848. The third-order valence-electron chi connectivity index (χ3n) is 4.07. The highest BCUT2D eigenvalue weighted by Gasteiger charge is 2.37. The average molecular weight is 461 g/mol. The molecule has 12 heteroatoms. The highest BCUT2D eigenvalue weighted by molar-refractivity contribution is 6.60. The maximum atomic E-state index is 5.42. The summed E-state index contributed by atoms with van der Waals surface area (Å²) in [6.07, 6.45) is 2.25. The summed E-state index contributed by atoms with van der Waals surface area (Å²) in [5.41, 5.74) is 9.81. The molecule has 0 saturated carbocycles. The number of rotatable bonds is 15. The fraction of sp³-hybridized carbons (Fsp3) is 1.00. The van der Waals surface area contributed by atoms with Crippen LogP contribution in [0.4, 0.5) is 0 Å². The lowest BCUT2D eigenvalue weighted by molar-refractivity contribution is 0.100. The molecule has 4 N–H and O–H groups in total. The monoisotopic (exact) mass is 460 g/mol. The van der Waals surface area contributed by atoms with Crippen LogP contribution in [0.25, 0.3) is 0 Å². The summed E-state index contributed by atoms with van der Waals surface area (Å²) in [6, 6.07) is 1.67. The van der Waals surface area contributed by atoms with Crippen molar-refractivity contribution in [3.63, 3.8) is 0 Å². The van der Waals surface area contributed by atoms with Crippen LogP contribution in [0.1, 0.15) is 19.8 Å². The Kier molecular flexibility index (Phi) is 21.5. The summed E-state index contributed by atoms with van der Waals surface area (Å²) in [5.74, 6) is 0. The van der Waals surface area contributed by atoms with Crippen LogP contribution in [0.2, 0.25) is 12.1 Å². The van der Waals surface area contributed by atoms with Crippen molar-refractivity contribution in [2.45, 2.75) is 38.0 Å². The minimum atomic E-state index is -2.39. The molecule has 1 saturated heterocycles. The van der Waals surface area contributed by atoms with Crippen LogP contribution in [0, 0.1) is 0 Å². The number of epoxide rings is 1. The molecule has 29 heavy (non-hydrogen) atoms. The molecule has 10 nitrogen and oxygen atoms in total. The Hall–Kier alpha value is 0.0338. The van der Waals surface area contributed by atoms with E-state index in [2.05, 4.69) is 6.92 Å². The quantitative estimate of drug-likeness (QED) is 0.206. The Morgan fingerprint density at radius 1 is 0.793 bits per heavy atom. The first-order valence-electron chi connectivity index (χ1n) is 9.82. The second-order valence-corrected chi connectivity index (χ2v) is 12.2. The Morgan fingerprint density at radius 3 is 1.48 bits per heavy atom. The lowest BCUT2D eigenvalue weighted by atomic mass is 10.5. The van der Waals surface area contributed by atoms with E-state index in [9.17, 15) is 0 Å². The van der Waals surface area contributed by atoms with Crippen LogP contribution in [0.15, 0.2) is 0 Å². The van der Waals surface area contributed by atoms with Crippen LogP contribution < -0.4 is 11.5 Å². The van der Waals surface area contributed by atoms with Crippen LogP contribution in [0.5, 0.6) is 0 Å². The molecule has 1 aliphatic rings. The van der Waals surface area contributed by atoms with E-state index in [0.29, 0.717) is 32.4 Å². The molecule has 1 rings (SSSR count). The lowest BCUT2D eigenvalue weighted by Gasteiger charge is -2.24. The van der Waals surface area contributed by atoms with Crippen molar-refractivity contribution in [2.24, 2.45) is 11.5 Å². The minimum Gasteiger partial charge on any atom is -0.379 e. The van der Waals surface area contributed by atoms with Gasteiger partial charge in [0.05, 0.1) is 13.2 Å². The van der Waals surface area contributed by atoms with Gasteiger partial charge in [-0.05, 0) is 6.42 Å². The van der Waals surface area contributed by atoms with Crippen molar-refractivity contribution in [3.05, 3.63) is 0 Å². The number of hydrogen-bond donors (Lipinski definition) is 2. The first-order chi connectivity index (χ1) is 13.9. The van der Waals surface area contributed by atoms with Crippen molar-refractivity contribution >= 4 is 17.6 Å².